The van der Waals surface area contributed by atoms with Gasteiger partial charge in [-0.25, -0.2) is 9.59 Å². The van der Waals surface area contributed by atoms with Crippen LogP contribution < -0.4 is 0 Å². The third-order valence-corrected chi connectivity index (χ3v) is 3.49. The first kappa shape index (κ1) is 15.3. The van der Waals surface area contributed by atoms with Crippen LogP contribution in [-0.2, 0) is 20.9 Å². The van der Waals surface area contributed by atoms with Crippen LogP contribution in [0.4, 0.5) is 4.79 Å². The molecule has 1 heterocycles. The number of benzene rings is 1. The first-order valence-corrected chi connectivity index (χ1v) is 6.85. The molecule has 6 heteroatoms. The number of ether oxygens (including phenoxy) is 2. The minimum atomic E-state index is -0.790. The zero-order valence-corrected chi connectivity index (χ0v) is 11.9. The fraction of sp³-hybridized carbons (Fsp3) is 0.467. The van der Waals surface area contributed by atoms with Crippen LogP contribution in [0, 0.1) is 0 Å². The monoisotopic (exact) mass is 293 g/mol. The molecular weight excluding hydrogens is 274 g/mol. The van der Waals surface area contributed by atoms with Gasteiger partial charge in [-0.1, -0.05) is 30.3 Å². The summed E-state index contributed by atoms with van der Waals surface area (Å²) in [4.78, 5) is 25.2. The number of piperidine rings is 1. The Balaban J connectivity index is 1.97. The number of aliphatic hydroxyl groups is 1. The molecule has 1 aromatic carbocycles. The molecule has 0 radical (unpaired) electrons. The van der Waals surface area contributed by atoms with E-state index in [-0.39, 0.29) is 19.6 Å². The van der Waals surface area contributed by atoms with Crippen molar-refractivity contribution in [1.82, 2.24) is 4.90 Å². The van der Waals surface area contributed by atoms with E-state index in [0.29, 0.717) is 6.42 Å². The Morgan fingerprint density at radius 2 is 2.05 bits per heavy atom. The van der Waals surface area contributed by atoms with Gasteiger partial charge in [-0.3, -0.25) is 4.90 Å². The van der Waals surface area contributed by atoms with E-state index in [4.69, 9.17) is 4.74 Å². The largest absolute Gasteiger partial charge is 0.467 e. The lowest BCUT2D eigenvalue weighted by molar-refractivity contribution is -0.149. The van der Waals surface area contributed by atoms with E-state index in [1.54, 1.807) is 0 Å². The highest BCUT2D eigenvalue weighted by Gasteiger charge is 2.37. The number of esters is 1. The number of carbonyl (C=O) groups excluding carboxylic acids is 2. The van der Waals surface area contributed by atoms with Gasteiger partial charge in [0.2, 0.25) is 0 Å². The minimum absolute atomic E-state index is 0.145. The SMILES string of the molecule is COC(=O)C1CC(O)CCN1C(=O)OCc1ccccc1. The molecule has 0 aliphatic carbocycles. The quantitative estimate of drug-likeness (QED) is 0.851. The van der Waals surface area contributed by atoms with E-state index >= 15 is 0 Å². The highest BCUT2D eigenvalue weighted by Crippen LogP contribution is 2.20. The molecule has 2 unspecified atom stereocenters. The summed E-state index contributed by atoms with van der Waals surface area (Å²) in [5.41, 5.74) is 0.873. The molecule has 114 valence electrons. The topological polar surface area (TPSA) is 76.1 Å². The summed E-state index contributed by atoms with van der Waals surface area (Å²) in [7, 11) is 1.26. The van der Waals surface area contributed by atoms with Crippen LogP contribution in [0.2, 0.25) is 0 Å². The fourth-order valence-electron chi connectivity index (χ4n) is 2.33. The summed E-state index contributed by atoms with van der Waals surface area (Å²) >= 11 is 0. The predicted molar refractivity (Wildman–Crippen MR) is 74.4 cm³/mol. The van der Waals surface area contributed by atoms with E-state index in [1.807, 2.05) is 30.3 Å². The molecule has 1 aliphatic heterocycles. The van der Waals surface area contributed by atoms with Gasteiger partial charge in [0.25, 0.3) is 0 Å². The van der Waals surface area contributed by atoms with Crippen molar-refractivity contribution in [3.05, 3.63) is 35.9 Å². The molecule has 21 heavy (non-hydrogen) atoms. The number of aliphatic hydroxyl groups excluding tert-OH is 1. The first-order chi connectivity index (χ1) is 10.1. The standard InChI is InChI=1S/C15H19NO5/c1-20-14(18)13-9-12(17)7-8-16(13)15(19)21-10-11-5-3-2-4-6-11/h2-6,12-13,17H,7-10H2,1H3. The van der Waals surface area contributed by atoms with E-state index in [1.165, 1.54) is 12.0 Å². The third kappa shape index (κ3) is 3.95. The molecule has 1 amide bonds. The Labute approximate surface area is 123 Å². The van der Waals surface area contributed by atoms with Gasteiger partial charge >= 0.3 is 12.1 Å². The number of nitrogens with zero attached hydrogens (tertiary/aromatic N) is 1. The highest BCUT2D eigenvalue weighted by atomic mass is 16.6. The predicted octanol–water partition coefficient (Wildman–Crippen LogP) is 1.32. The van der Waals surface area contributed by atoms with Crippen molar-refractivity contribution in [2.24, 2.45) is 0 Å². The average molecular weight is 293 g/mol. The lowest BCUT2D eigenvalue weighted by Gasteiger charge is -2.35. The molecule has 0 aromatic heterocycles. The molecule has 0 saturated carbocycles. The summed E-state index contributed by atoms with van der Waals surface area (Å²) in [6.45, 7) is 0.418. The molecule has 1 N–H and O–H groups in total. The summed E-state index contributed by atoms with van der Waals surface area (Å²) in [6, 6.07) is 8.51. The van der Waals surface area contributed by atoms with Crippen LogP contribution in [0.15, 0.2) is 30.3 Å². The Morgan fingerprint density at radius 3 is 2.71 bits per heavy atom. The fourth-order valence-corrected chi connectivity index (χ4v) is 2.33. The van der Waals surface area contributed by atoms with E-state index in [9.17, 15) is 14.7 Å². The van der Waals surface area contributed by atoms with Crippen molar-refractivity contribution in [2.75, 3.05) is 13.7 Å². The molecule has 1 aliphatic rings. The van der Waals surface area contributed by atoms with Gasteiger partial charge in [0, 0.05) is 13.0 Å². The second kappa shape index (κ2) is 7.08. The lowest BCUT2D eigenvalue weighted by Crippen LogP contribution is -2.51. The van der Waals surface area contributed by atoms with E-state index in [2.05, 4.69) is 4.74 Å². The Morgan fingerprint density at radius 1 is 1.33 bits per heavy atom. The number of hydrogen-bond donors (Lipinski definition) is 1. The van der Waals surface area contributed by atoms with Crippen molar-refractivity contribution >= 4 is 12.1 Å². The molecule has 1 fully saturated rings. The van der Waals surface area contributed by atoms with Gasteiger partial charge < -0.3 is 14.6 Å². The maximum Gasteiger partial charge on any atom is 0.410 e. The third-order valence-electron chi connectivity index (χ3n) is 3.49. The molecule has 6 nitrogen and oxygen atoms in total. The number of amides is 1. The molecule has 1 aromatic rings. The second-order valence-electron chi connectivity index (χ2n) is 4.95. The molecule has 0 bridgehead atoms. The minimum Gasteiger partial charge on any atom is -0.467 e. The second-order valence-corrected chi connectivity index (χ2v) is 4.95. The molecule has 0 spiro atoms. The number of rotatable bonds is 3. The van der Waals surface area contributed by atoms with E-state index < -0.39 is 24.2 Å². The Bertz CT molecular complexity index is 490. The number of carbonyl (C=O) groups is 2. The number of likely N-dealkylation sites (tertiary alicyclic amines) is 1. The Kier molecular flexibility index (Phi) is 5.16. The van der Waals surface area contributed by atoms with Crippen LogP contribution in [0.1, 0.15) is 18.4 Å². The zero-order valence-electron chi connectivity index (χ0n) is 11.9. The van der Waals surface area contributed by atoms with Gasteiger partial charge in [0.15, 0.2) is 0 Å². The van der Waals surface area contributed by atoms with Gasteiger partial charge in [-0.15, -0.1) is 0 Å². The number of hydrogen-bond acceptors (Lipinski definition) is 5. The zero-order chi connectivity index (χ0) is 15.2. The van der Waals surface area contributed by atoms with Crippen LogP contribution in [-0.4, -0.2) is 47.9 Å². The highest BCUT2D eigenvalue weighted by molar-refractivity contribution is 5.81. The normalized spacial score (nSPS) is 21.7. The number of methoxy groups -OCH3 is 1. The summed E-state index contributed by atoms with van der Waals surface area (Å²) in [5, 5.41) is 9.64. The van der Waals surface area contributed by atoms with Gasteiger partial charge in [0.1, 0.15) is 12.6 Å². The molecule has 2 rings (SSSR count). The van der Waals surface area contributed by atoms with Crippen molar-refractivity contribution in [1.29, 1.82) is 0 Å². The van der Waals surface area contributed by atoms with Crippen LogP contribution in [0.3, 0.4) is 0 Å². The van der Waals surface area contributed by atoms with Gasteiger partial charge in [-0.2, -0.15) is 0 Å². The summed E-state index contributed by atoms with van der Waals surface area (Å²) in [6.07, 6.45) is -0.574. The molecule has 2 atom stereocenters. The van der Waals surface area contributed by atoms with Crippen molar-refractivity contribution in [3.8, 4) is 0 Å². The van der Waals surface area contributed by atoms with E-state index in [0.717, 1.165) is 5.56 Å². The first-order valence-electron chi connectivity index (χ1n) is 6.85. The average Bonchev–Trinajstić information content (AvgIpc) is 2.52. The van der Waals surface area contributed by atoms with Gasteiger partial charge in [-0.05, 0) is 12.0 Å². The maximum atomic E-state index is 12.1. The van der Waals surface area contributed by atoms with Crippen LogP contribution >= 0.6 is 0 Å². The van der Waals surface area contributed by atoms with Crippen LogP contribution in [0.5, 0.6) is 0 Å². The summed E-state index contributed by atoms with van der Waals surface area (Å²) in [5.74, 6) is -0.537. The maximum absolute atomic E-state index is 12.1. The van der Waals surface area contributed by atoms with Crippen molar-refractivity contribution in [2.45, 2.75) is 31.6 Å². The van der Waals surface area contributed by atoms with Crippen molar-refractivity contribution in [3.63, 3.8) is 0 Å². The molecular formula is C15H19NO5. The van der Waals surface area contributed by atoms with Gasteiger partial charge in [0.05, 0.1) is 13.2 Å². The van der Waals surface area contributed by atoms with Crippen molar-refractivity contribution < 1.29 is 24.2 Å². The smallest absolute Gasteiger partial charge is 0.410 e. The summed E-state index contributed by atoms with van der Waals surface area (Å²) < 4.78 is 9.91. The molecule has 1 saturated heterocycles. The Hall–Kier alpha value is -2.08. The lowest BCUT2D eigenvalue weighted by atomic mass is 10.00. The van der Waals surface area contributed by atoms with Crippen LogP contribution in [0.25, 0.3) is 0 Å².